The fraction of sp³-hybridized carbons (Fsp3) is 0.583. The molecule has 0 bridgehead atoms. The molecule has 0 fully saturated rings. The van der Waals surface area contributed by atoms with Crippen molar-refractivity contribution >= 4 is 17.1 Å². The molecule has 0 aliphatic rings. The molecule has 0 amide bonds. The van der Waals surface area contributed by atoms with Gasteiger partial charge in [0.25, 0.3) is 0 Å². The molecule has 2 nitrogen and oxygen atoms in total. The maximum Gasteiger partial charge on any atom is 0.142 e. The molecule has 1 aromatic rings. The summed E-state index contributed by atoms with van der Waals surface area (Å²) in [6.45, 7) is 5.91. The highest BCUT2D eigenvalue weighted by molar-refractivity contribution is 7.12. The van der Waals surface area contributed by atoms with Gasteiger partial charge >= 0.3 is 0 Å². The van der Waals surface area contributed by atoms with E-state index >= 15 is 0 Å². The number of aryl methyl sites for hydroxylation is 1. The van der Waals surface area contributed by atoms with Crippen molar-refractivity contribution in [1.29, 1.82) is 0 Å². The minimum atomic E-state index is -0.0527. The molecule has 0 aliphatic carbocycles. The Morgan fingerprint density at radius 2 is 2.00 bits per heavy atom. The smallest absolute Gasteiger partial charge is 0.142 e. The second kappa shape index (κ2) is 5.42. The second-order valence-corrected chi connectivity index (χ2v) is 5.27. The Kier molecular flexibility index (Phi) is 4.48. The molecule has 0 spiro atoms. The minimum absolute atomic E-state index is 0.0443. The highest BCUT2D eigenvalue weighted by Crippen LogP contribution is 2.19. The summed E-state index contributed by atoms with van der Waals surface area (Å²) in [5.74, 6) is 0.201. The predicted octanol–water partition coefficient (Wildman–Crippen LogP) is 2.41. The van der Waals surface area contributed by atoms with Crippen molar-refractivity contribution in [2.45, 2.75) is 39.7 Å². The van der Waals surface area contributed by atoms with Crippen LogP contribution in [0.1, 0.15) is 30.5 Å². The molecule has 1 aromatic heterocycles. The van der Waals surface area contributed by atoms with Crippen LogP contribution in [0.4, 0.5) is 0 Å². The second-order valence-electron chi connectivity index (χ2n) is 4.01. The van der Waals surface area contributed by atoms with Gasteiger partial charge in [-0.2, -0.15) is 0 Å². The van der Waals surface area contributed by atoms with Gasteiger partial charge in [-0.05, 0) is 25.5 Å². The van der Waals surface area contributed by atoms with E-state index in [1.54, 1.807) is 11.3 Å². The van der Waals surface area contributed by atoms with E-state index in [2.05, 4.69) is 19.1 Å². The van der Waals surface area contributed by atoms with E-state index in [-0.39, 0.29) is 17.7 Å². The Bertz CT molecular complexity index is 330. The van der Waals surface area contributed by atoms with Gasteiger partial charge in [-0.1, -0.05) is 13.8 Å². The molecule has 3 heteroatoms. The van der Waals surface area contributed by atoms with Crippen LogP contribution in [0.2, 0.25) is 0 Å². The molecule has 15 heavy (non-hydrogen) atoms. The Balaban J connectivity index is 2.58. The van der Waals surface area contributed by atoms with E-state index in [1.165, 1.54) is 4.88 Å². The zero-order chi connectivity index (χ0) is 11.4. The van der Waals surface area contributed by atoms with Gasteiger partial charge in [-0.15, -0.1) is 11.3 Å². The van der Waals surface area contributed by atoms with Crippen LogP contribution >= 0.6 is 11.3 Å². The van der Waals surface area contributed by atoms with Crippen molar-refractivity contribution in [2.24, 2.45) is 11.7 Å². The monoisotopic (exact) mass is 225 g/mol. The zero-order valence-corrected chi connectivity index (χ0v) is 10.4. The van der Waals surface area contributed by atoms with Crippen LogP contribution in [-0.4, -0.2) is 11.8 Å². The van der Waals surface area contributed by atoms with Crippen molar-refractivity contribution in [3.05, 3.63) is 21.9 Å². The maximum absolute atomic E-state index is 11.8. The van der Waals surface area contributed by atoms with Gasteiger partial charge in [0, 0.05) is 28.1 Å². The van der Waals surface area contributed by atoms with Crippen LogP contribution in [0.5, 0.6) is 0 Å². The van der Waals surface area contributed by atoms with Crippen LogP contribution in [0.3, 0.4) is 0 Å². The SMILES string of the molecule is CCc1ccc(CC(=O)C(C)C(C)N)s1. The molecule has 0 saturated heterocycles. The maximum atomic E-state index is 11.8. The average molecular weight is 225 g/mol. The number of nitrogens with two attached hydrogens (primary N) is 1. The summed E-state index contributed by atoms with van der Waals surface area (Å²) in [5.41, 5.74) is 5.70. The first-order valence-electron chi connectivity index (χ1n) is 5.40. The summed E-state index contributed by atoms with van der Waals surface area (Å²) in [6, 6.07) is 4.10. The minimum Gasteiger partial charge on any atom is -0.327 e. The zero-order valence-electron chi connectivity index (χ0n) is 9.62. The summed E-state index contributed by atoms with van der Waals surface area (Å²) in [7, 11) is 0. The molecule has 84 valence electrons. The number of hydrogen-bond acceptors (Lipinski definition) is 3. The van der Waals surface area contributed by atoms with Gasteiger partial charge in [0.2, 0.25) is 0 Å². The molecule has 0 saturated carbocycles. The lowest BCUT2D eigenvalue weighted by molar-refractivity contribution is -0.122. The number of thiophene rings is 1. The predicted molar refractivity (Wildman–Crippen MR) is 65.2 cm³/mol. The first-order valence-corrected chi connectivity index (χ1v) is 6.22. The van der Waals surface area contributed by atoms with Gasteiger partial charge in [0.1, 0.15) is 5.78 Å². The molecule has 0 aliphatic heterocycles. The lowest BCUT2D eigenvalue weighted by Gasteiger charge is -2.13. The van der Waals surface area contributed by atoms with Crippen LogP contribution in [0, 0.1) is 5.92 Å². The van der Waals surface area contributed by atoms with Crippen molar-refractivity contribution in [1.82, 2.24) is 0 Å². The van der Waals surface area contributed by atoms with E-state index in [0.717, 1.165) is 11.3 Å². The van der Waals surface area contributed by atoms with E-state index in [4.69, 9.17) is 5.73 Å². The van der Waals surface area contributed by atoms with Crippen LogP contribution < -0.4 is 5.73 Å². The highest BCUT2D eigenvalue weighted by Gasteiger charge is 2.17. The molecular formula is C12H19NOS. The van der Waals surface area contributed by atoms with Crippen LogP contribution in [0.25, 0.3) is 0 Å². The molecule has 0 aromatic carbocycles. The Morgan fingerprint density at radius 1 is 1.40 bits per heavy atom. The highest BCUT2D eigenvalue weighted by atomic mass is 32.1. The van der Waals surface area contributed by atoms with Gasteiger partial charge in [0.15, 0.2) is 0 Å². The van der Waals surface area contributed by atoms with Crippen LogP contribution in [0.15, 0.2) is 12.1 Å². The Morgan fingerprint density at radius 3 is 2.47 bits per heavy atom. The molecule has 1 heterocycles. The van der Waals surface area contributed by atoms with E-state index in [9.17, 15) is 4.79 Å². The first kappa shape index (κ1) is 12.4. The number of carbonyl (C=O) groups is 1. The van der Waals surface area contributed by atoms with Gasteiger partial charge in [0.05, 0.1) is 0 Å². The molecular weight excluding hydrogens is 206 g/mol. The Hall–Kier alpha value is -0.670. The molecule has 2 unspecified atom stereocenters. The standard InChI is InChI=1S/C12H19NOS/c1-4-10-5-6-11(15-10)7-12(14)8(2)9(3)13/h5-6,8-9H,4,7,13H2,1-3H3. The third-order valence-corrected chi connectivity index (χ3v) is 3.94. The molecule has 0 radical (unpaired) electrons. The Labute approximate surface area is 95.5 Å². The normalized spacial score (nSPS) is 14.9. The number of rotatable bonds is 5. The number of carbonyl (C=O) groups excluding carboxylic acids is 1. The van der Waals surface area contributed by atoms with Crippen molar-refractivity contribution in [3.8, 4) is 0 Å². The number of hydrogen-bond donors (Lipinski definition) is 1. The lowest BCUT2D eigenvalue weighted by Crippen LogP contribution is -2.31. The summed E-state index contributed by atoms with van der Waals surface area (Å²) >= 11 is 1.73. The fourth-order valence-electron chi connectivity index (χ4n) is 1.33. The lowest BCUT2D eigenvalue weighted by atomic mass is 9.97. The summed E-state index contributed by atoms with van der Waals surface area (Å²) in [4.78, 5) is 14.3. The summed E-state index contributed by atoms with van der Waals surface area (Å²) < 4.78 is 0. The summed E-state index contributed by atoms with van der Waals surface area (Å²) in [5, 5.41) is 0. The number of Topliss-reactive ketones (excluding diaryl/α,β-unsaturated/α-hetero) is 1. The van der Waals surface area contributed by atoms with Gasteiger partial charge in [-0.3, -0.25) is 4.79 Å². The third kappa shape index (κ3) is 3.43. The third-order valence-electron chi connectivity index (χ3n) is 2.71. The quantitative estimate of drug-likeness (QED) is 0.836. The van der Waals surface area contributed by atoms with Crippen molar-refractivity contribution in [3.63, 3.8) is 0 Å². The largest absolute Gasteiger partial charge is 0.327 e. The van der Waals surface area contributed by atoms with Gasteiger partial charge < -0.3 is 5.73 Å². The molecule has 1 rings (SSSR count). The number of ketones is 1. The topological polar surface area (TPSA) is 43.1 Å². The fourth-order valence-corrected chi connectivity index (χ4v) is 2.30. The van der Waals surface area contributed by atoms with Crippen molar-refractivity contribution < 1.29 is 4.79 Å². The average Bonchev–Trinajstić information content (AvgIpc) is 2.64. The van der Waals surface area contributed by atoms with Gasteiger partial charge in [-0.25, -0.2) is 0 Å². The van der Waals surface area contributed by atoms with E-state index < -0.39 is 0 Å². The molecule has 2 N–H and O–H groups in total. The van der Waals surface area contributed by atoms with E-state index in [0.29, 0.717) is 6.42 Å². The van der Waals surface area contributed by atoms with Crippen LogP contribution in [-0.2, 0) is 17.6 Å². The summed E-state index contributed by atoms with van der Waals surface area (Å²) in [6.07, 6.45) is 1.58. The van der Waals surface area contributed by atoms with Crippen molar-refractivity contribution in [2.75, 3.05) is 0 Å². The first-order chi connectivity index (χ1) is 7.04. The molecule has 2 atom stereocenters. The van der Waals surface area contributed by atoms with E-state index in [1.807, 2.05) is 13.8 Å².